The lowest BCUT2D eigenvalue weighted by molar-refractivity contribution is 0.0521. The number of nitrogens with zero attached hydrogens (tertiary/aromatic N) is 5. The second-order valence-electron chi connectivity index (χ2n) is 4.37. The highest BCUT2D eigenvalue weighted by Gasteiger charge is 2.19. The molecule has 0 fully saturated rings. The van der Waals surface area contributed by atoms with Gasteiger partial charge < -0.3 is 19.6 Å². The lowest BCUT2D eigenvalue weighted by atomic mass is 10.3. The van der Waals surface area contributed by atoms with Crippen LogP contribution in [0.1, 0.15) is 29.1 Å². The van der Waals surface area contributed by atoms with Crippen LogP contribution in [0.3, 0.4) is 0 Å². The zero-order chi connectivity index (χ0) is 14.7. The number of ether oxygens (including phenoxy) is 1. The van der Waals surface area contributed by atoms with Crippen molar-refractivity contribution >= 4 is 11.8 Å². The average Bonchev–Trinajstić information content (AvgIpc) is 2.93. The van der Waals surface area contributed by atoms with Crippen LogP contribution in [0, 0.1) is 6.92 Å². The Morgan fingerprint density at radius 1 is 1.50 bits per heavy atom. The van der Waals surface area contributed by atoms with E-state index in [1.165, 1.54) is 0 Å². The number of rotatable bonds is 5. The van der Waals surface area contributed by atoms with Crippen LogP contribution in [0.4, 0.5) is 5.82 Å². The number of carbonyl (C=O) groups is 1. The molecule has 8 heteroatoms. The van der Waals surface area contributed by atoms with Gasteiger partial charge in [-0.1, -0.05) is 0 Å². The third kappa shape index (κ3) is 2.63. The van der Waals surface area contributed by atoms with Crippen LogP contribution in [-0.2, 0) is 24.8 Å². The third-order valence-corrected chi connectivity index (χ3v) is 3.03. The van der Waals surface area contributed by atoms with E-state index in [4.69, 9.17) is 10.5 Å². The van der Waals surface area contributed by atoms with Gasteiger partial charge in [-0.3, -0.25) is 0 Å². The summed E-state index contributed by atoms with van der Waals surface area (Å²) in [6, 6.07) is 0. The maximum Gasteiger partial charge on any atom is 0.360 e. The fourth-order valence-corrected chi connectivity index (χ4v) is 1.96. The molecule has 0 bridgehead atoms. The van der Waals surface area contributed by atoms with Crippen molar-refractivity contribution in [3.8, 4) is 0 Å². The predicted molar refractivity (Wildman–Crippen MR) is 72.0 cm³/mol. The Bertz CT molecular complexity index is 615. The number of carbonyl (C=O) groups excluding carboxylic acids is 1. The maximum atomic E-state index is 11.7. The molecule has 0 aromatic carbocycles. The number of anilines is 1. The molecular formula is C12H18N6O2. The lowest BCUT2D eigenvalue weighted by Gasteiger charge is -2.07. The predicted octanol–water partition coefficient (Wildman–Crippen LogP) is 0.322. The number of nitrogen functional groups attached to an aromatic ring is 1. The summed E-state index contributed by atoms with van der Waals surface area (Å²) in [5.41, 5.74) is 6.14. The van der Waals surface area contributed by atoms with Crippen molar-refractivity contribution in [1.82, 2.24) is 24.3 Å². The van der Waals surface area contributed by atoms with Gasteiger partial charge in [-0.25, -0.2) is 9.78 Å². The first-order valence-corrected chi connectivity index (χ1v) is 6.37. The molecule has 0 amide bonds. The highest BCUT2D eigenvalue weighted by atomic mass is 16.5. The molecule has 0 radical (unpaired) electrons. The van der Waals surface area contributed by atoms with Crippen molar-refractivity contribution < 1.29 is 9.53 Å². The highest BCUT2D eigenvalue weighted by Crippen LogP contribution is 2.16. The summed E-state index contributed by atoms with van der Waals surface area (Å²) in [4.78, 5) is 15.9. The van der Waals surface area contributed by atoms with Crippen LogP contribution in [-0.4, -0.2) is 36.9 Å². The van der Waals surface area contributed by atoms with E-state index < -0.39 is 5.97 Å². The Morgan fingerprint density at radius 2 is 2.25 bits per heavy atom. The van der Waals surface area contributed by atoms with Gasteiger partial charge in [-0.2, -0.15) is 0 Å². The number of esters is 1. The van der Waals surface area contributed by atoms with Gasteiger partial charge in [-0.05, 0) is 13.8 Å². The fourth-order valence-electron chi connectivity index (χ4n) is 1.96. The minimum Gasteiger partial charge on any atom is -0.461 e. The normalized spacial score (nSPS) is 10.8. The SMILES string of the molecule is CCOC(=O)c1nc(C)n(CCc2nncn2C)c1N. The lowest BCUT2D eigenvalue weighted by Crippen LogP contribution is -2.12. The van der Waals surface area contributed by atoms with Crippen molar-refractivity contribution in [1.29, 1.82) is 0 Å². The van der Waals surface area contributed by atoms with Gasteiger partial charge in [0.1, 0.15) is 23.8 Å². The van der Waals surface area contributed by atoms with Gasteiger partial charge in [0.05, 0.1) is 6.61 Å². The first kappa shape index (κ1) is 14.0. The summed E-state index contributed by atoms with van der Waals surface area (Å²) < 4.78 is 8.55. The number of aryl methyl sites for hydroxylation is 3. The van der Waals surface area contributed by atoms with Crippen LogP contribution in [0.5, 0.6) is 0 Å². The molecule has 0 atom stereocenters. The smallest absolute Gasteiger partial charge is 0.360 e. The fraction of sp³-hybridized carbons (Fsp3) is 0.500. The molecule has 0 aliphatic rings. The van der Waals surface area contributed by atoms with Crippen LogP contribution >= 0.6 is 0 Å². The van der Waals surface area contributed by atoms with Gasteiger partial charge in [0, 0.05) is 20.0 Å². The quantitative estimate of drug-likeness (QED) is 0.790. The van der Waals surface area contributed by atoms with E-state index in [-0.39, 0.29) is 5.69 Å². The average molecular weight is 278 g/mol. The van der Waals surface area contributed by atoms with Crippen molar-refractivity contribution in [2.24, 2.45) is 7.05 Å². The van der Waals surface area contributed by atoms with Crippen molar-refractivity contribution in [3.63, 3.8) is 0 Å². The van der Waals surface area contributed by atoms with Gasteiger partial charge in [0.2, 0.25) is 0 Å². The zero-order valence-corrected chi connectivity index (χ0v) is 11.8. The molecule has 2 rings (SSSR count). The molecule has 0 unspecified atom stereocenters. The molecule has 2 aromatic heterocycles. The summed E-state index contributed by atoms with van der Waals surface area (Å²) >= 11 is 0. The number of hydrogen-bond acceptors (Lipinski definition) is 6. The molecule has 0 saturated carbocycles. The maximum absolute atomic E-state index is 11.7. The second kappa shape index (κ2) is 5.72. The molecule has 8 nitrogen and oxygen atoms in total. The molecule has 108 valence electrons. The van der Waals surface area contributed by atoms with Crippen LogP contribution in [0.25, 0.3) is 0 Å². The van der Waals surface area contributed by atoms with Crippen molar-refractivity contribution in [2.75, 3.05) is 12.3 Å². The Morgan fingerprint density at radius 3 is 2.85 bits per heavy atom. The molecule has 2 heterocycles. The van der Waals surface area contributed by atoms with Crippen LogP contribution in [0.2, 0.25) is 0 Å². The third-order valence-electron chi connectivity index (χ3n) is 3.03. The van der Waals surface area contributed by atoms with Crippen LogP contribution < -0.4 is 5.73 Å². The molecule has 2 N–H and O–H groups in total. The van der Waals surface area contributed by atoms with Gasteiger partial charge in [0.15, 0.2) is 5.69 Å². The summed E-state index contributed by atoms with van der Waals surface area (Å²) in [6.07, 6.45) is 2.30. The van der Waals surface area contributed by atoms with E-state index in [0.29, 0.717) is 31.2 Å². The Hall–Kier alpha value is -2.38. The summed E-state index contributed by atoms with van der Waals surface area (Å²) in [6.45, 7) is 4.42. The minimum atomic E-state index is -0.495. The van der Waals surface area contributed by atoms with E-state index >= 15 is 0 Å². The minimum absolute atomic E-state index is 0.169. The van der Waals surface area contributed by atoms with Gasteiger partial charge in [-0.15, -0.1) is 10.2 Å². The Labute approximate surface area is 116 Å². The topological polar surface area (TPSA) is 101 Å². The molecule has 0 aliphatic carbocycles. The molecule has 0 spiro atoms. The van der Waals surface area contributed by atoms with Gasteiger partial charge in [0.25, 0.3) is 0 Å². The number of imidazole rings is 1. The molecule has 2 aromatic rings. The summed E-state index contributed by atoms with van der Waals surface area (Å²) in [5.74, 6) is 1.34. The van der Waals surface area contributed by atoms with E-state index in [0.717, 1.165) is 5.82 Å². The summed E-state index contributed by atoms with van der Waals surface area (Å²) in [5, 5.41) is 7.83. The highest BCUT2D eigenvalue weighted by molar-refractivity contribution is 5.92. The monoisotopic (exact) mass is 278 g/mol. The largest absolute Gasteiger partial charge is 0.461 e. The number of hydrogen-bond donors (Lipinski definition) is 1. The first-order valence-electron chi connectivity index (χ1n) is 6.37. The molecule has 0 aliphatic heterocycles. The molecule has 20 heavy (non-hydrogen) atoms. The van der Waals surface area contributed by atoms with Crippen LogP contribution in [0.15, 0.2) is 6.33 Å². The molecule has 0 saturated heterocycles. The first-order chi connectivity index (χ1) is 9.54. The van der Waals surface area contributed by atoms with E-state index in [1.54, 1.807) is 24.7 Å². The Kier molecular flexibility index (Phi) is 4.02. The number of nitrogens with two attached hydrogens (primary N) is 1. The van der Waals surface area contributed by atoms with E-state index in [2.05, 4.69) is 15.2 Å². The van der Waals surface area contributed by atoms with Crippen molar-refractivity contribution in [2.45, 2.75) is 26.8 Å². The zero-order valence-electron chi connectivity index (χ0n) is 11.8. The standard InChI is InChI=1S/C12H18N6O2/c1-4-20-12(19)10-11(13)18(8(2)15-10)6-5-9-16-14-7-17(9)3/h7H,4-6,13H2,1-3H3. The van der Waals surface area contributed by atoms with E-state index in [1.807, 2.05) is 11.6 Å². The number of aromatic nitrogens is 5. The van der Waals surface area contributed by atoms with Gasteiger partial charge >= 0.3 is 5.97 Å². The second-order valence-corrected chi connectivity index (χ2v) is 4.37. The van der Waals surface area contributed by atoms with E-state index in [9.17, 15) is 4.79 Å². The Balaban J connectivity index is 2.16. The molecular weight excluding hydrogens is 260 g/mol. The van der Waals surface area contributed by atoms with Crippen molar-refractivity contribution in [3.05, 3.63) is 23.7 Å². The summed E-state index contributed by atoms with van der Waals surface area (Å²) in [7, 11) is 1.88.